The second kappa shape index (κ2) is 16.0. The fourth-order valence-corrected chi connectivity index (χ4v) is 12.6. The molecule has 6 fully saturated rings. The third kappa shape index (κ3) is 7.10. The van der Waals surface area contributed by atoms with Gasteiger partial charge in [0.15, 0.2) is 12.6 Å². The highest BCUT2D eigenvalue weighted by molar-refractivity contribution is 5.21. The molecule has 21 unspecified atom stereocenters. The molecule has 310 valence electrons. The van der Waals surface area contributed by atoms with Crippen LogP contribution in [0.4, 0.5) is 0 Å². The molecule has 12 nitrogen and oxygen atoms in total. The minimum Gasteiger partial charge on any atom is -0.394 e. The van der Waals surface area contributed by atoms with Crippen LogP contribution in [0.5, 0.6) is 0 Å². The van der Waals surface area contributed by atoms with Crippen molar-refractivity contribution >= 4 is 0 Å². The van der Waals surface area contributed by atoms with E-state index >= 15 is 0 Å². The number of hydrogen-bond acceptors (Lipinski definition) is 12. The van der Waals surface area contributed by atoms with Crippen molar-refractivity contribution in [3.05, 3.63) is 23.3 Å². The summed E-state index contributed by atoms with van der Waals surface area (Å²) in [7, 11) is 0. The zero-order valence-electron chi connectivity index (χ0n) is 33.6. The Labute approximate surface area is 321 Å². The van der Waals surface area contributed by atoms with Gasteiger partial charge in [0.05, 0.1) is 31.0 Å². The van der Waals surface area contributed by atoms with E-state index < -0.39 is 91.7 Å². The lowest BCUT2D eigenvalue weighted by atomic mass is 9.38. The van der Waals surface area contributed by atoms with E-state index in [1.54, 1.807) is 0 Å². The maximum atomic E-state index is 12.2. The van der Waals surface area contributed by atoms with E-state index in [1.807, 2.05) is 0 Å². The van der Waals surface area contributed by atoms with Gasteiger partial charge >= 0.3 is 0 Å². The fourth-order valence-electron chi connectivity index (χ4n) is 12.6. The topological polar surface area (TPSA) is 199 Å². The third-order valence-electron chi connectivity index (χ3n) is 15.8. The first-order chi connectivity index (χ1) is 25.3. The van der Waals surface area contributed by atoms with Gasteiger partial charge in [0.2, 0.25) is 0 Å². The Balaban J connectivity index is 1.37. The van der Waals surface area contributed by atoms with Gasteiger partial charge in [0, 0.05) is 0 Å². The van der Waals surface area contributed by atoms with Gasteiger partial charge in [0.1, 0.15) is 42.7 Å². The van der Waals surface area contributed by atoms with Crippen molar-refractivity contribution < 1.29 is 59.8 Å². The predicted octanol–water partition coefficient (Wildman–Crippen LogP) is 2.95. The summed E-state index contributed by atoms with van der Waals surface area (Å²) in [5.74, 6) is 0.473. The standard InChI is InChI=1S/C42H70O12/c1-9-40(6)29(45)14-16-42(8)24-17-26(44)30-23(21(4)12-10-11-20(2)3)13-15-41(30,7)25(24)18-27(37(40)42)52-39-36(34(49)32(47)28(19-43)53-39)54-38-35(50)33(48)31(46)22(5)51-38/h11-12,22-39,43-50H,9-10,13-19H2,1-8H3. The first-order valence-electron chi connectivity index (χ1n) is 20.6. The summed E-state index contributed by atoms with van der Waals surface area (Å²) in [6.45, 7) is 16.2. The van der Waals surface area contributed by atoms with E-state index in [9.17, 15) is 40.9 Å². The van der Waals surface area contributed by atoms with E-state index in [1.165, 1.54) is 18.1 Å². The molecule has 4 aliphatic carbocycles. The van der Waals surface area contributed by atoms with Crippen LogP contribution in [-0.2, 0) is 18.9 Å². The number of hydrogen-bond donors (Lipinski definition) is 8. The Bertz CT molecular complexity index is 1370. The largest absolute Gasteiger partial charge is 0.394 e. The molecule has 0 bridgehead atoms. The Morgan fingerprint density at radius 1 is 0.759 bits per heavy atom. The van der Waals surface area contributed by atoms with Gasteiger partial charge in [-0.1, -0.05) is 51.0 Å². The zero-order chi connectivity index (χ0) is 39.7. The van der Waals surface area contributed by atoms with Crippen LogP contribution >= 0.6 is 0 Å². The molecule has 6 rings (SSSR count). The molecule has 2 aliphatic heterocycles. The zero-order valence-corrected chi connectivity index (χ0v) is 33.6. The van der Waals surface area contributed by atoms with Crippen LogP contribution in [0.25, 0.3) is 0 Å². The molecule has 0 aromatic heterocycles. The average Bonchev–Trinajstić information content (AvgIpc) is 3.50. The van der Waals surface area contributed by atoms with Crippen LogP contribution < -0.4 is 0 Å². The lowest BCUT2D eigenvalue weighted by Gasteiger charge is -2.68. The van der Waals surface area contributed by atoms with Crippen LogP contribution in [0.15, 0.2) is 23.3 Å². The summed E-state index contributed by atoms with van der Waals surface area (Å²) in [6, 6.07) is 0. The molecule has 0 aromatic rings. The molecule has 0 spiro atoms. The number of ether oxygens (including phenoxy) is 4. The van der Waals surface area contributed by atoms with Crippen molar-refractivity contribution in [3.63, 3.8) is 0 Å². The van der Waals surface area contributed by atoms with Gasteiger partial charge in [-0.2, -0.15) is 0 Å². The highest BCUT2D eigenvalue weighted by Crippen LogP contribution is 2.71. The molecule has 2 heterocycles. The summed E-state index contributed by atoms with van der Waals surface area (Å²) < 4.78 is 25.2. The summed E-state index contributed by atoms with van der Waals surface area (Å²) in [5.41, 5.74) is 1.50. The van der Waals surface area contributed by atoms with E-state index in [0.29, 0.717) is 25.7 Å². The Morgan fingerprint density at radius 3 is 2.07 bits per heavy atom. The summed E-state index contributed by atoms with van der Waals surface area (Å²) >= 11 is 0. The molecule has 0 aromatic carbocycles. The molecule has 54 heavy (non-hydrogen) atoms. The molecule has 6 aliphatic rings. The lowest BCUT2D eigenvalue weighted by Crippen LogP contribution is -2.68. The lowest BCUT2D eigenvalue weighted by molar-refractivity contribution is -0.379. The van der Waals surface area contributed by atoms with Crippen molar-refractivity contribution in [3.8, 4) is 0 Å². The van der Waals surface area contributed by atoms with Gasteiger partial charge in [-0.25, -0.2) is 0 Å². The van der Waals surface area contributed by atoms with E-state index in [4.69, 9.17) is 18.9 Å². The number of aliphatic hydroxyl groups is 8. The van der Waals surface area contributed by atoms with Crippen molar-refractivity contribution in [2.24, 2.45) is 45.8 Å². The van der Waals surface area contributed by atoms with Gasteiger partial charge in [-0.15, -0.1) is 0 Å². The number of rotatable bonds is 9. The monoisotopic (exact) mass is 766 g/mol. The number of allylic oxidation sites excluding steroid dienone is 4. The maximum Gasteiger partial charge on any atom is 0.187 e. The van der Waals surface area contributed by atoms with Crippen LogP contribution in [0, 0.1) is 45.8 Å². The van der Waals surface area contributed by atoms with Crippen LogP contribution in [0.1, 0.15) is 107 Å². The van der Waals surface area contributed by atoms with Crippen LogP contribution in [-0.4, -0.2) is 127 Å². The third-order valence-corrected chi connectivity index (χ3v) is 15.8. The van der Waals surface area contributed by atoms with Crippen LogP contribution in [0.2, 0.25) is 0 Å². The van der Waals surface area contributed by atoms with Crippen molar-refractivity contribution in [2.75, 3.05) is 6.61 Å². The number of aliphatic hydroxyl groups excluding tert-OH is 8. The van der Waals surface area contributed by atoms with Gasteiger partial charge in [-0.05, 0) is 125 Å². The Morgan fingerprint density at radius 2 is 1.43 bits per heavy atom. The molecule has 21 atom stereocenters. The van der Waals surface area contributed by atoms with E-state index in [0.717, 1.165) is 25.7 Å². The molecular weight excluding hydrogens is 696 g/mol. The first kappa shape index (κ1) is 42.6. The summed E-state index contributed by atoms with van der Waals surface area (Å²) in [5, 5.41) is 88.3. The summed E-state index contributed by atoms with van der Waals surface area (Å²) in [6.07, 6.45) is -5.05. The highest BCUT2D eigenvalue weighted by atomic mass is 16.8. The Hall–Kier alpha value is -1.00. The van der Waals surface area contributed by atoms with E-state index in [-0.39, 0.29) is 40.4 Å². The Kier molecular flexibility index (Phi) is 12.6. The average molecular weight is 767 g/mol. The molecule has 0 amide bonds. The molecule has 4 saturated carbocycles. The highest BCUT2D eigenvalue weighted by Gasteiger charge is 2.69. The quantitative estimate of drug-likeness (QED) is 0.126. The predicted molar refractivity (Wildman–Crippen MR) is 199 cm³/mol. The minimum absolute atomic E-state index is 0.0701. The van der Waals surface area contributed by atoms with Gasteiger partial charge < -0.3 is 59.8 Å². The second-order valence-electron chi connectivity index (χ2n) is 19.0. The summed E-state index contributed by atoms with van der Waals surface area (Å²) in [4.78, 5) is 0. The molecular formula is C42H70O12. The van der Waals surface area contributed by atoms with Crippen molar-refractivity contribution in [2.45, 2.75) is 186 Å². The number of fused-ring (bicyclic) bond motifs is 5. The molecule has 0 radical (unpaired) electrons. The maximum absolute atomic E-state index is 12.2. The minimum atomic E-state index is -1.67. The van der Waals surface area contributed by atoms with Crippen LogP contribution in [0.3, 0.4) is 0 Å². The van der Waals surface area contributed by atoms with Gasteiger partial charge in [-0.3, -0.25) is 0 Å². The second-order valence-corrected chi connectivity index (χ2v) is 19.0. The van der Waals surface area contributed by atoms with Crippen molar-refractivity contribution in [1.82, 2.24) is 0 Å². The normalized spacial score (nSPS) is 53.7. The van der Waals surface area contributed by atoms with Crippen molar-refractivity contribution in [1.29, 1.82) is 0 Å². The van der Waals surface area contributed by atoms with E-state index in [2.05, 4.69) is 60.6 Å². The smallest absolute Gasteiger partial charge is 0.187 e. The van der Waals surface area contributed by atoms with Gasteiger partial charge in [0.25, 0.3) is 0 Å². The molecule has 2 saturated heterocycles. The SMILES string of the molecule is CCC1(C)C(O)CCC2(C)C3CC(O)C4C(C(C)=CCC=C(C)C)CCC4(C)C3CC(OC3OC(CO)C(O)C(O)C3OC3OC(C)C(O)C(O)C3O)C12. The molecule has 12 heteroatoms. The molecule has 8 N–H and O–H groups in total. The fraction of sp³-hybridized carbons (Fsp3) is 0.905. The first-order valence-corrected chi connectivity index (χ1v) is 20.6.